The van der Waals surface area contributed by atoms with Crippen LogP contribution in [0.1, 0.15) is 31.4 Å². The second-order valence-corrected chi connectivity index (χ2v) is 7.73. The maximum Gasteiger partial charge on any atom is 0.264 e. The lowest BCUT2D eigenvalue weighted by Gasteiger charge is -2.14. The van der Waals surface area contributed by atoms with Crippen molar-refractivity contribution in [2.75, 3.05) is 0 Å². The lowest BCUT2D eigenvalue weighted by atomic mass is 10.2. The molecule has 1 atom stereocenters. The Hall–Kier alpha value is -2.24. The molecule has 27 heavy (non-hydrogen) atoms. The first-order valence-corrected chi connectivity index (χ1v) is 9.97. The maximum absolute atomic E-state index is 12.3. The first-order valence-electron chi connectivity index (χ1n) is 8.77. The van der Waals surface area contributed by atoms with Gasteiger partial charge in [-0.25, -0.2) is 4.99 Å². The molecule has 0 unspecified atom stereocenters. The molecular formula is C21H21ClN2O2S. The van der Waals surface area contributed by atoms with E-state index >= 15 is 0 Å². The number of rotatable bonds is 5. The Kier molecular flexibility index (Phi) is 6.24. The smallest absolute Gasteiger partial charge is 0.264 e. The molecule has 1 saturated heterocycles. The number of nitrogens with zero attached hydrogens (tertiary/aromatic N) is 1. The molecule has 1 amide bonds. The number of hydrogen-bond donors (Lipinski definition) is 1. The van der Waals surface area contributed by atoms with Gasteiger partial charge in [0.05, 0.1) is 21.7 Å². The van der Waals surface area contributed by atoms with Crippen LogP contribution < -0.4 is 10.1 Å². The summed E-state index contributed by atoms with van der Waals surface area (Å²) in [6.07, 6.45) is 2.81. The fourth-order valence-corrected chi connectivity index (χ4v) is 3.50. The topological polar surface area (TPSA) is 50.7 Å². The minimum absolute atomic E-state index is 0.100. The normalized spacial score (nSPS) is 18.0. The van der Waals surface area contributed by atoms with Crippen molar-refractivity contribution in [2.24, 2.45) is 4.99 Å². The van der Waals surface area contributed by atoms with Gasteiger partial charge >= 0.3 is 0 Å². The number of hydrogen-bond acceptors (Lipinski definition) is 4. The van der Waals surface area contributed by atoms with E-state index in [0.717, 1.165) is 23.2 Å². The highest BCUT2D eigenvalue weighted by molar-refractivity contribution is 8.18. The first-order chi connectivity index (χ1) is 13.0. The number of carbonyl (C=O) groups excluding carboxylic acids is 1. The Morgan fingerprint density at radius 2 is 2.07 bits per heavy atom. The van der Waals surface area contributed by atoms with Gasteiger partial charge in [-0.3, -0.25) is 4.79 Å². The van der Waals surface area contributed by atoms with Gasteiger partial charge in [0, 0.05) is 0 Å². The van der Waals surface area contributed by atoms with Crippen LogP contribution in [0.2, 0.25) is 5.02 Å². The molecule has 0 saturated carbocycles. The molecule has 0 spiro atoms. The lowest BCUT2D eigenvalue weighted by molar-refractivity contribution is -0.115. The third-order valence-corrected chi connectivity index (χ3v) is 5.35. The van der Waals surface area contributed by atoms with Crippen molar-refractivity contribution in [1.82, 2.24) is 5.32 Å². The number of ether oxygens (including phenoxy) is 1. The molecule has 0 aromatic heterocycles. The van der Waals surface area contributed by atoms with E-state index in [9.17, 15) is 4.79 Å². The number of carbonyl (C=O) groups is 1. The molecule has 4 nitrogen and oxygen atoms in total. The lowest BCUT2D eigenvalue weighted by Crippen LogP contribution is -2.19. The number of thioether (sulfide) groups is 1. The van der Waals surface area contributed by atoms with Crippen molar-refractivity contribution in [1.29, 1.82) is 0 Å². The van der Waals surface area contributed by atoms with Gasteiger partial charge in [-0.2, -0.15) is 0 Å². The van der Waals surface area contributed by atoms with Gasteiger partial charge in [0.2, 0.25) is 0 Å². The Balaban J connectivity index is 1.78. The summed E-state index contributed by atoms with van der Waals surface area (Å²) in [6, 6.07) is 13.3. The molecule has 1 aliphatic heterocycles. The maximum atomic E-state index is 12.3. The SMILES string of the molecule is CC[C@@H](C)Oc1ccc(/C=C2\SC(=Nc3ccccc3C)NC2=O)cc1Cl. The molecule has 1 aliphatic rings. The molecule has 1 N–H and O–H groups in total. The molecule has 0 bridgehead atoms. The van der Waals surface area contributed by atoms with Crippen LogP contribution >= 0.6 is 23.4 Å². The fourth-order valence-electron chi connectivity index (χ4n) is 2.43. The van der Waals surface area contributed by atoms with Crippen LogP contribution in [0, 0.1) is 6.92 Å². The molecule has 1 heterocycles. The van der Waals surface area contributed by atoms with Crippen LogP contribution in [0.3, 0.4) is 0 Å². The summed E-state index contributed by atoms with van der Waals surface area (Å²) in [5, 5.41) is 3.91. The van der Waals surface area contributed by atoms with Gasteiger partial charge in [-0.15, -0.1) is 0 Å². The van der Waals surface area contributed by atoms with Crippen molar-refractivity contribution in [3.63, 3.8) is 0 Å². The van der Waals surface area contributed by atoms with E-state index in [-0.39, 0.29) is 12.0 Å². The molecule has 6 heteroatoms. The van der Waals surface area contributed by atoms with Crippen LogP contribution in [0.15, 0.2) is 52.4 Å². The zero-order valence-corrected chi connectivity index (χ0v) is 17.0. The summed E-state index contributed by atoms with van der Waals surface area (Å²) >= 11 is 7.64. The number of aryl methyl sites for hydroxylation is 1. The van der Waals surface area contributed by atoms with E-state index in [1.165, 1.54) is 11.8 Å². The van der Waals surface area contributed by atoms with Crippen LogP contribution in [-0.4, -0.2) is 17.2 Å². The Bertz CT molecular complexity index is 924. The summed E-state index contributed by atoms with van der Waals surface area (Å²) < 4.78 is 5.78. The van der Waals surface area contributed by atoms with E-state index in [4.69, 9.17) is 16.3 Å². The Morgan fingerprint density at radius 3 is 2.78 bits per heavy atom. The minimum atomic E-state index is -0.164. The number of nitrogens with one attached hydrogen (secondary N) is 1. The zero-order chi connectivity index (χ0) is 19.4. The second-order valence-electron chi connectivity index (χ2n) is 6.29. The second kappa shape index (κ2) is 8.63. The van der Waals surface area contributed by atoms with Gasteiger partial charge in [0.25, 0.3) is 5.91 Å². The fraction of sp³-hybridized carbons (Fsp3) is 0.238. The largest absolute Gasteiger partial charge is 0.489 e. The molecule has 0 aliphatic carbocycles. The van der Waals surface area contributed by atoms with Gasteiger partial charge in [-0.1, -0.05) is 42.8 Å². The monoisotopic (exact) mass is 400 g/mol. The van der Waals surface area contributed by atoms with Crippen molar-refractivity contribution in [2.45, 2.75) is 33.3 Å². The van der Waals surface area contributed by atoms with E-state index < -0.39 is 0 Å². The number of benzene rings is 2. The average molecular weight is 401 g/mol. The highest BCUT2D eigenvalue weighted by Gasteiger charge is 2.24. The van der Waals surface area contributed by atoms with Crippen molar-refractivity contribution >= 4 is 46.2 Å². The Morgan fingerprint density at radius 1 is 1.30 bits per heavy atom. The predicted molar refractivity (Wildman–Crippen MR) is 114 cm³/mol. The Labute approximate surface area is 168 Å². The quantitative estimate of drug-likeness (QED) is 0.653. The van der Waals surface area contributed by atoms with Crippen LogP contribution in [0.25, 0.3) is 6.08 Å². The molecule has 0 radical (unpaired) electrons. The van der Waals surface area contributed by atoms with Gasteiger partial charge < -0.3 is 10.1 Å². The van der Waals surface area contributed by atoms with E-state index in [2.05, 4.69) is 17.2 Å². The van der Waals surface area contributed by atoms with Gasteiger partial charge in [0.1, 0.15) is 5.75 Å². The molecule has 2 aromatic carbocycles. The van der Waals surface area contributed by atoms with E-state index in [1.54, 1.807) is 12.1 Å². The highest BCUT2D eigenvalue weighted by Crippen LogP contribution is 2.31. The third-order valence-electron chi connectivity index (χ3n) is 4.15. The number of halogens is 1. The molecule has 1 fully saturated rings. The van der Waals surface area contributed by atoms with Crippen LogP contribution in [0.5, 0.6) is 5.75 Å². The van der Waals surface area contributed by atoms with Crippen LogP contribution in [-0.2, 0) is 4.79 Å². The molecule has 3 rings (SSSR count). The number of amides is 1. The third kappa shape index (κ3) is 4.93. The van der Waals surface area contributed by atoms with E-state index in [0.29, 0.717) is 20.8 Å². The van der Waals surface area contributed by atoms with Crippen LogP contribution in [0.4, 0.5) is 5.69 Å². The molecule has 140 valence electrons. The van der Waals surface area contributed by atoms with Crippen molar-refractivity contribution in [3.05, 3.63) is 63.5 Å². The van der Waals surface area contributed by atoms with Gasteiger partial charge in [0.15, 0.2) is 5.17 Å². The number of para-hydroxylation sites is 1. The standard InChI is InChI=1S/C21H21ClN2O2S/c1-4-14(3)26-18-10-9-15(11-16(18)22)12-19-20(25)24-21(27-19)23-17-8-6-5-7-13(17)2/h5-12,14H,4H2,1-3H3,(H,23,24,25)/b19-12-/t14-/m1/s1. The average Bonchev–Trinajstić information content (AvgIpc) is 2.98. The summed E-state index contributed by atoms with van der Waals surface area (Å²) in [7, 11) is 0. The summed E-state index contributed by atoms with van der Waals surface area (Å²) in [5.41, 5.74) is 2.74. The summed E-state index contributed by atoms with van der Waals surface area (Å²) in [5.74, 6) is 0.488. The van der Waals surface area contributed by atoms with Crippen molar-refractivity contribution in [3.8, 4) is 5.75 Å². The van der Waals surface area contributed by atoms with E-state index in [1.807, 2.05) is 50.2 Å². The van der Waals surface area contributed by atoms with Crippen molar-refractivity contribution < 1.29 is 9.53 Å². The minimum Gasteiger partial charge on any atom is -0.489 e. The highest BCUT2D eigenvalue weighted by atomic mass is 35.5. The number of amidine groups is 1. The predicted octanol–water partition coefficient (Wildman–Crippen LogP) is 5.72. The molecular weight excluding hydrogens is 380 g/mol. The van der Waals surface area contributed by atoms with Gasteiger partial charge in [-0.05, 0) is 67.4 Å². The molecule has 2 aromatic rings. The first kappa shape index (κ1) is 19.5. The zero-order valence-electron chi connectivity index (χ0n) is 15.5. The summed E-state index contributed by atoms with van der Waals surface area (Å²) in [6.45, 7) is 6.05. The number of aliphatic imine (C=N–C) groups is 1. The summed E-state index contributed by atoms with van der Waals surface area (Å²) in [4.78, 5) is 17.4.